The SMILES string of the molecule is COC(=O)c1cc(C)n(C(=O)OC(C)(C)C)c1-c1ccccc1. The average Bonchev–Trinajstić information content (AvgIpc) is 2.83. The average molecular weight is 315 g/mol. The monoisotopic (exact) mass is 315 g/mol. The molecule has 5 heteroatoms. The number of nitrogens with zero attached hydrogens (tertiary/aromatic N) is 1. The molecule has 0 saturated carbocycles. The van der Waals surface area contributed by atoms with Crippen LogP contribution in [0.1, 0.15) is 36.8 Å². The van der Waals surface area contributed by atoms with E-state index in [1.165, 1.54) is 11.7 Å². The molecule has 23 heavy (non-hydrogen) atoms. The van der Waals surface area contributed by atoms with Crippen LogP contribution in [-0.4, -0.2) is 29.3 Å². The number of hydrogen-bond acceptors (Lipinski definition) is 4. The summed E-state index contributed by atoms with van der Waals surface area (Å²) in [5, 5.41) is 0. The van der Waals surface area contributed by atoms with Crippen molar-refractivity contribution in [2.75, 3.05) is 7.11 Å². The normalized spacial score (nSPS) is 11.2. The van der Waals surface area contributed by atoms with Gasteiger partial charge in [0.1, 0.15) is 5.60 Å². The van der Waals surface area contributed by atoms with Gasteiger partial charge >= 0.3 is 12.1 Å². The Balaban J connectivity index is 2.65. The Labute approximate surface area is 135 Å². The zero-order valence-electron chi connectivity index (χ0n) is 14.0. The quantitative estimate of drug-likeness (QED) is 0.785. The molecule has 2 rings (SSSR count). The lowest BCUT2D eigenvalue weighted by atomic mass is 10.1. The zero-order valence-corrected chi connectivity index (χ0v) is 14.0. The van der Waals surface area contributed by atoms with Gasteiger partial charge in [0, 0.05) is 5.69 Å². The molecule has 5 nitrogen and oxygen atoms in total. The minimum Gasteiger partial charge on any atom is -0.465 e. The van der Waals surface area contributed by atoms with Gasteiger partial charge in [-0.1, -0.05) is 30.3 Å². The summed E-state index contributed by atoms with van der Waals surface area (Å²) < 4.78 is 11.7. The van der Waals surface area contributed by atoms with Crippen LogP contribution in [0.25, 0.3) is 11.3 Å². The Morgan fingerprint density at radius 1 is 1.09 bits per heavy atom. The highest BCUT2D eigenvalue weighted by molar-refractivity contribution is 5.99. The van der Waals surface area contributed by atoms with Gasteiger partial charge in [-0.3, -0.25) is 0 Å². The molecular weight excluding hydrogens is 294 g/mol. The van der Waals surface area contributed by atoms with Gasteiger partial charge in [0.2, 0.25) is 0 Å². The summed E-state index contributed by atoms with van der Waals surface area (Å²) in [5.74, 6) is -0.491. The summed E-state index contributed by atoms with van der Waals surface area (Å²) in [6.45, 7) is 7.15. The third-order valence-electron chi connectivity index (χ3n) is 3.21. The second kappa shape index (κ2) is 6.28. The summed E-state index contributed by atoms with van der Waals surface area (Å²) in [7, 11) is 1.32. The van der Waals surface area contributed by atoms with E-state index in [0.717, 1.165) is 5.56 Å². The summed E-state index contributed by atoms with van der Waals surface area (Å²) in [5.41, 5.74) is 1.53. The second-order valence-electron chi connectivity index (χ2n) is 6.22. The van der Waals surface area contributed by atoms with Crippen LogP contribution in [0.15, 0.2) is 36.4 Å². The summed E-state index contributed by atoms with van der Waals surface area (Å²) in [6, 6.07) is 10.9. The largest absolute Gasteiger partial charge is 0.465 e. The molecule has 0 N–H and O–H groups in total. The van der Waals surface area contributed by atoms with E-state index in [4.69, 9.17) is 9.47 Å². The minimum absolute atomic E-state index is 0.335. The van der Waals surface area contributed by atoms with Gasteiger partial charge in [0.25, 0.3) is 0 Å². The fourth-order valence-corrected chi connectivity index (χ4v) is 2.33. The highest BCUT2D eigenvalue weighted by Crippen LogP contribution is 2.29. The van der Waals surface area contributed by atoms with Crippen LogP contribution in [0, 0.1) is 6.92 Å². The molecule has 122 valence electrons. The number of methoxy groups -OCH3 is 1. The van der Waals surface area contributed by atoms with E-state index >= 15 is 0 Å². The molecular formula is C18H21NO4. The van der Waals surface area contributed by atoms with Crippen molar-refractivity contribution in [2.24, 2.45) is 0 Å². The van der Waals surface area contributed by atoms with Gasteiger partial charge < -0.3 is 9.47 Å². The van der Waals surface area contributed by atoms with Crippen LogP contribution in [0.3, 0.4) is 0 Å². The number of aromatic nitrogens is 1. The lowest BCUT2D eigenvalue weighted by molar-refractivity contribution is 0.0537. The van der Waals surface area contributed by atoms with E-state index in [-0.39, 0.29) is 0 Å². The Bertz CT molecular complexity index is 723. The van der Waals surface area contributed by atoms with Crippen LogP contribution in [0.4, 0.5) is 4.79 Å². The molecule has 0 saturated heterocycles. The van der Waals surface area contributed by atoms with Crippen LogP contribution in [0.5, 0.6) is 0 Å². The summed E-state index contributed by atoms with van der Waals surface area (Å²) >= 11 is 0. The van der Waals surface area contributed by atoms with Gasteiger partial charge in [-0.2, -0.15) is 0 Å². The molecule has 0 radical (unpaired) electrons. The first-order valence-corrected chi connectivity index (χ1v) is 7.34. The second-order valence-corrected chi connectivity index (χ2v) is 6.22. The number of aryl methyl sites for hydroxylation is 1. The molecule has 0 amide bonds. The van der Waals surface area contributed by atoms with E-state index in [1.807, 2.05) is 30.3 Å². The molecule has 0 unspecified atom stereocenters. The maximum absolute atomic E-state index is 12.6. The first-order valence-electron chi connectivity index (χ1n) is 7.34. The van der Waals surface area contributed by atoms with Gasteiger partial charge in [0.05, 0.1) is 18.4 Å². The van der Waals surface area contributed by atoms with Crippen molar-refractivity contribution in [1.29, 1.82) is 0 Å². The predicted octanol–water partition coefficient (Wildman–Crippen LogP) is 4.03. The fourth-order valence-electron chi connectivity index (χ4n) is 2.33. The van der Waals surface area contributed by atoms with Crippen molar-refractivity contribution in [1.82, 2.24) is 4.57 Å². The standard InChI is InChI=1S/C18H21NO4/c1-12-11-14(16(20)22-5)15(13-9-7-6-8-10-13)19(12)17(21)23-18(2,3)4/h6-11H,1-5H3. The number of carbonyl (C=O) groups is 2. The van der Waals surface area contributed by atoms with Gasteiger partial charge in [-0.15, -0.1) is 0 Å². The van der Waals surface area contributed by atoms with Crippen molar-refractivity contribution in [2.45, 2.75) is 33.3 Å². The Morgan fingerprint density at radius 3 is 2.22 bits per heavy atom. The van der Waals surface area contributed by atoms with E-state index in [0.29, 0.717) is 17.0 Å². The smallest absolute Gasteiger partial charge is 0.419 e. The Hall–Kier alpha value is -2.56. The van der Waals surface area contributed by atoms with Gasteiger partial charge in [0.15, 0.2) is 0 Å². The molecule has 2 aromatic rings. The molecule has 0 fully saturated rings. The topological polar surface area (TPSA) is 57.5 Å². The number of hydrogen-bond donors (Lipinski definition) is 0. The van der Waals surface area contributed by atoms with Crippen LogP contribution in [-0.2, 0) is 9.47 Å². The molecule has 1 aromatic carbocycles. The minimum atomic E-state index is -0.632. The van der Waals surface area contributed by atoms with Crippen molar-refractivity contribution in [3.63, 3.8) is 0 Å². The van der Waals surface area contributed by atoms with Crippen LogP contribution in [0.2, 0.25) is 0 Å². The molecule has 0 spiro atoms. The van der Waals surface area contributed by atoms with E-state index in [2.05, 4.69) is 0 Å². The molecule has 0 aliphatic heterocycles. The van der Waals surface area contributed by atoms with E-state index in [1.54, 1.807) is 33.8 Å². The lowest BCUT2D eigenvalue weighted by Crippen LogP contribution is -2.28. The number of benzene rings is 1. The number of esters is 1. The predicted molar refractivity (Wildman–Crippen MR) is 87.6 cm³/mol. The van der Waals surface area contributed by atoms with Crippen molar-refractivity contribution in [3.8, 4) is 11.3 Å². The zero-order chi connectivity index (χ0) is 17.2. The third-order valence-corrected chi connectivity index (χ3v) is 3.21. The Morgan fingerprint density at radius 2 is 1.70 bits per heavy atom. The van der Waals surface area contributed by atoms with E-state index < -0.39 is 17.7 Å². The first-order chi connectivity index (χ1) is 10.7. The maximum atomic E-state index is 12.6. The van der Waals surface area contributed by atoms with Crippen LogP contribution >= 0.6 is 0 Å². The van der Waals surface area contributed by atoms with Crippen molar-refractivity contribution < 1.29 is 19.1 Å². The first kappa shape index (κ1) is 16.8. The summed E-state index contributed by atoms with van der Waals surface area (Å²) in [4.78, 5) is 24.7. The molecule has 0 aliphatic rings. The van der Waals surface area contributed by atoms with Crippen molar-refractivity contribution >= 4 is 12.1 Å². The maximum Gasteiger partial charge on any atom is 0.419 e. The summed E-state index contributed by atoms with van der Waals surface area (Å²) in [6.07, 6.45) is -0.524. The molecule has 0 bridgehead atoms. The Kier molecular flexibility index (Phi) is 4.59. The van der Waals surface area contributed by atoms with Gasteiger partial charge in [-0.25, -0.2) is 14.2 Å². The van der Waals surface area contributed by atoms with Gasteiger partial charge in [-0.05, 0) is 39.3 Å². The highest BCUT2D eigenvalue weighted by Gasteiger charge is 2.27. The molecule has 1 heterocycles. The highest BCUT2D eigenvalue weighted by atomic mass is 16.6. The van der Waals surface area contributed by atoms with Crippen LogP contribution < -0.4 is 0 Å². The molecule has 1 aromatic heterocycles. The van der Waals surface area contributed by atoms with E-state index in [9.17, 15) is 9.59 Å². The number of carbonyl (C=O) groups excluding carboxylic acids is 2. The number of rotatable bonds is 2. The lowest BCUT2D eigenvalue weighted by Gasteiger charge is -2.21. The van der Waals surface area contributed by atoms with Crippen molar-refractivity contribution in [3.05, 3.63) is 47.7 Å². The molecule has 0 aliphatic carbocycles. The molecule has 0 atom stereocenters. The third kappa shape index (κ3) is 3.62. The fraction of sp³-hybridized carbons (Fsp3) is 0.333. The number of ether oxygens (including phenoxy) is 2.